The number of halogens is 2. The van der Waals surface area contributed by atoms with Crippen LogP contribution < -0.4 is 0 Å². The van der Waals surface area contributed by atoms with E-state index in [-0.39, 0.29) is 5.75 Å². The van der Waals surface area contributed by atoms with Crippen molar-refractivity contribution in [1.82, 2.24) is 0 Å². The molecule has 5 heteroatoms. The third-order valence-corrected chi connectivity index (χ3v) is 6.42. The van der Waals surface area contributed by atoms with Gasteiger partial charge in [0.15, 0.2) is 12.9 Å². The molecule has 0 amide bonds. The minimum absolute atomic E-state index is 0.0514. The van der Waals surface area contributed by atoms with Crippen molar-refractivity contribution >= 4 is 41.7 Å². The van der Waals surface area contributed by atoms with Crippen LogP contribution in [0.15, 0.2) is 24.3 Å². The van der Waals surface area contributed by atoms with Gasteiger partial charge in [0.25, 0.3) is 0 Å². The first-order valence-electron chi connectivity index (χ1n) is 3.97. The van der Waals surface area contributed by atoms with Crippen LogP contribution in [0.25, 0.3) is 0 Å². The van der Waals surface area contributed by atoms with Gasteiger partial charge in [0.2, 0.25) is 0 Å². The molecule has 0 bridgehead atoms. The topological polar surface area (TPSA) is 34.1 Å². The second-order valence-electron chi connectivity index (χ2n) is 3.06. The van der Waals surface area contributed by atoms with Crippen molar-refractivity contribution in [3.63, 3.8) is 0 Å². The molecule has 0 aromatic heterocycles. The lowest BCUT2D eigenvalue weighted by Gasteiger charge is -2.05. The van der Waals surface area contributed by atoms with Crippen molar-refractivity contribution in [2.75, 3.05) is 0 Å². The third kappa shape index (κ3) is 3.37. The first kappa shape index (κ1) is 12.2. The van der Waals surface area contributed by atoms with Crippen molar-refractivity contribution in [2.45, 2.75) is 15.7 Å². The van der Waals surface area contributed by atoms with Gasteiger partial charge in [-0.05, 0) is 12.5 Å². The molecule has 0 fully saturated rings. The van der Waals surface area contributed by atoms with Gasteiger partial charge in [-0.1, -0.05) is 61.7 Å². The van der Waals surface area contributed by atoms with E-state index in [1.807, 2.05) is 31.2 Å². The van der Waals surface area contributed by atoms with Crippen LogP contribution in [0.2, 0.25) is 0 Å². The highest BCUT2D eigenvalue weighted by atomic mass is 79.9. The van der Waals surface area contributed by atoms with Crippen molar-refractivity contribution in [3.8, 4) is 0 Å². The Hall–Kier alpha value is 0.130. The number of alkyl halides is 2. The highest BCUT2D eigenvalue weighted by Gasteiger charge is 2.19. The normalized spacial score (nSPS) is 12.0. The highest BCUT2D eigenvalue weighted by molar-refractivity contribution is 9.27. The second kappa shape index (κ2) is 4.77. The largest absolute Gasteiger partial charge is 0.226 e. The van der Waals surface area contributed by atoms with Crippen LogP contribution in [0, 0.1) is 6.92 Å². The van der Waals surface area contributed by atoms with Gasteiger partial charge in [0.1, 0.15) is 0 Å². The zero-order chi connectivity index (χ0) is 10.8. The maximum atomic E-state index is 11.5. The summed E-state index contributed by atoms with van der Waals surface area (Å²) in [5, 5.41) is 0. The molecule has 1 rings (SSSR count). The van der Waals surface area contributed by atoms with E-state index in [1.165, 1.54) is 0 Å². The summed E-state index contributed by atoms with van der Waals surface area (Å²) in [6.07, 6.45) is 0. The van der Waals surface area contributed by atoms with Crippen LogP contribution >= 0.6 is 31.9 Å². The zero-order valence-corrected chi connectivity index (χ0v) is 11.6. The van der Waals surface area contributed by atoms with Crippen molar-refractivity contribution in [3.05, 3.63) is 35.4 Å². The van der Waals surface area contributed by atoms with E-state index >= 15 is 0 Å². The number of aryl methyl sites for hydroxylation is 1. The average molecular weight is 342 g/mol. The van der Waals surface area contributed by atoms with Gasteiger partial charge in [-0.2, -0.15) is 0 Å². The molecule has 78 valence electrons. The minimum atomic E-state index is -3.13. The molecule has 0 saturated heterocycles. The van der Waals surface area contributed by atoms with E-state index in [1.54, 1.807) is 0 Å². The molecule has 0 aliphatic heterocycles. The average Bonchev–Trinajstić information content (AvgIpc) is 2.02. The maximum Gasteiger partial charge on any atom is 0.177 e. The Bertz CT molecular complexity index is 413. The molecule has 0 saturated carbocycles. The number of hydrogen-bond acceptors (Lipinski definition) is 2. The fourth-order valence-corrected chi connectivity index (χ4v) is 2.66. The number of sulfone groups is 1. The Morgan fingerprint density at radius 1 is 1.36 bits per heavy atom. The van der Waals surface area contributed by atoms with Crippen molar-refractivity contribution in [1.29, 1.82) is 0 Å². The second-order valence-corrected chi connectivity index (χ2v) is 9.42. The van der Waals surface area contributed by atoms with Crippen LogP contribution in [-0.2, 0) is 15.6 Å². The molecule has 2 nitrogen and oxygen atoms in total. The standard InChI is InChI=1S/C9H10Br2O2S/c1-7-3-2-4-8(5-7)6-14(12,13)9(10)11/h2-5,9H,6H2,1H3. The predicted octanol–water partition coefficient (Wildman–Crippen LogP) is 2.98. The van der Waals surface area contributed by atoms with Gasteiger partial charge in [-0.25, -0.2) is 8.42 Å². The summed E-state index contributed by atoms with van der Waals surface area (Å²) in [6.45, 7) is 1.94. The lowest BCUT2D eigenvalue weighted by Crippen LogP contribution is -2.10. The van der Waals surface area contributed by atoms with Crippen LogP contribution in [0.1, 0.15) is 11.1 Å². The molecule has 1 aromatic carbocycles. The van der Waals surface area contributed by atoms with Crippen LogP contribution in [0.5, 0.6) is 0 Å². The molecule has 0 aliphatic carbocycles. The zero-order valence-electron chi connectivity index (χ0n) is 7.57. The fourth-order valence-electron chi connectivity index (χ4n) is 1.10. The van der Waals surface area contributed by atoms with Gasteiger partial charge in [-0.3, -0.25) is 0 Å². The summed E-state index contributed by atoms with van der Waals surface area (Å²) in [5.74, 6) is 0.0514. The number of benzene rings is 1. The van der Waals surface area contributed by atoms with Crippen LogP contribution in [0.4, 0.5) is 0 Å². The van der Waals surface area contributed by atoms with Gasteiger partial charge < -0.3 is 0 Å². The minimum Gasteiger partial charge on any atom is -0.226 e. The molecular weight excluding hydrogens is 332 g/mol. The summed E-state index contributed by atoms with van der Waals surface area (Å²) >= 11 is 6.00. The molecule has 0 atom stereocenters. The Balaban J connectivity index is 2.90. The maximum absolute atomic E-state index is 11.5. The van der Waals surface area contributed by atoms with Gasteiger partial charge in [0, 0.05) is 0 Å². The Labute approximate surface area is 101 Å². The number of rotatable bonds is 3. The van der Waals surface area contributed by atoms with Crippen LogP contribution in [0.3, 0.4) is 0 Å². The van der Waals surface area contributed by atoms with Crippen LogP contribution in [-0.4, -0.2) is 11.5 Å². The predicted molar refractivity (Wildman–Crippen MR) is 65.4 cm³/mol. The number of hydrogen-bond donors (Lipinski definition) is 0. The summed E-state index contributed by atoms with van der Waals surface area (Å²) in [6, 6.07) is 7.49. The van der Waals surface area contributed by atoms with E-state index in [0.29, 0.717) is 0 Å². The van der Waals surface area contributed by atoms with E-state index < -0.39 is 12.9 Å². The molecule has 0 spiro atoms. The monoisotopic (exact) mass is 340 g/mol. The molecule has 0 unspecified atom stereocenters. The molecule has 0 radical (unpaired) electrons. The first-order valence-corrected chi connectivity index (χ1v) is 7.52. The fraction of sp³-hybridized carbons (Fsp3) is 0.333. The molecule has 0 N–H and O–H groups in total. The SMILES string of the molecule is Cc1cccc(CS(=O)(=O)C(Br)Br)c1. The van der Waals surface area contributed by atoms with E-state index in [4.69, 9.17) is 0 Å². The van der Waals surface area contributed by atoms with E-state index in [0.717, 1.165) is 11.1 Å². The lowest BCUT2D eigenvalue weighted by molar-refractivity contribution is 0.599. The molecule has 0 heterocycles. The first-order chi connectivity index (χ1) is 6.42. The van der Waals surface area contributed by atoms with E-state index in [2.05, 4.69) is 31.9 Å². The molecule has 1 aromatic rings. The highest BCUT2D eigenvalue weighted by Crippen LogP contribution is 2.21. The molecule has 0 aliphatic rings. The Morgan fingerprint density at radius 3 is 2.50 bits per heavy atom. The molecular formula is C9H10Br2O2S. The lowest BCUT2D eigenvalue weighted by atomic mass is 10.2. The van der Waals surface area contributed by atoms with E-state index in [9.17, 15) is 8.42 Å². The summed E-state index contributed by atoms with van der Waals surface area (Å²) in [7, 11) is -3.13. The molecule has 14 heavy (non-hydrogen) atoms. The quantitative estimate of drug-likeness (QED) is 0.792. The summed E-state index contributed by atoms with van der Waals surface area (Å²) in [4.78, 5) is 0. The van der Waals surface area contributed by atoms with Gasteiger partial charge >= 0.3 is 0 Å². The van der Waals surface area contributed by atoms with Gasteiger partial charge in [-0.15, -0.1) is 0 Å². The Morgan fingerprint density at radius 2 is 2.00 bits per heavy atom. The van der Waals surface area contributed by atoms with Crippen molar-refractivity contribution in [2.24, 2.45) is 0 Å². The van der Waals surface area contributed by atoms with Gasteiger partial charge in [0.05, 0.1) is 5.75 Å². The smallest absolute Gasteiger partial charge is 0.177 e. The van der Waals surface area contributed by atoms with Crippen molar-refractivity contribution < 1.29 is 8.42 Å². The summed E-state index contributed by atoms with van der Waals surface area (Å²) in [5.41, 5.74) is 1.88. The summed E-state index contributed by atoms with van der Waals surface area (Å²) < 4.78 is 22.4. The Kier molecular flexibility index (Phi) is 4.15. The third-order valence-electron chi connectivity index (χ3n) is 1.72.